The van der Waals surface area contributed by atoms with Crippen molar-refractivity contribution in [3.05, 3.63) is 56.1 Å². The SMILES string of the molecule is Nc1ccc(Cn2c(=O)c(O)c(C(=O)O)c3sccc32)cc1Cl. The monoisotopic (exact) mass is 350 g/mol. The Hall–Kier alpha value is -2.51. The summed E-state index contributed by atoms with van der Waals surface area (Å²) < 4.78 is 1.66. The Bertz CT molecular complexity index is 993. The van der Waals surface area contributed by atoms with Crippen molar-refractivity contribution in [1.82, 2.24) is 4.57 Å². The van der Waals surface area contributed by atoms with Gasteiger partial charge in [-0.2, -0.15) is 0 Å². The Labute approximate surface area is 139 Å². The molecule has 0 unspecified atom stereocenters. The van der Waals surface area contributed by atoms with E-state index in [1.807, 2.05) is 0 Å². The average molecular weight is 351 g/mol. The third kappa shape index (κ3) is 2.54. The van der Waals surface area contributed by atoms with E-state index in [4.69, 9.17) is 17.3 Å². The second kappa shape index (κ2) is 5.60. The zero-order valence-corrected chi connectivity index (χ0v) is 13.2. The summed E-state index contributed by atoms with van der Waals surface area (Å²) >= 11 is 7.13. The lowest BCUT2D eigenvalue weighted by Gasteiger charge is -2.11. The van der Waals surface area contributed by atoms with Crippen LogP contribution in [0.4, 0.5) is 5.69 Å². The molecular weight excluding hydrogens is 340 g/mol. The second-order valence-corrected chi connectivity index (χ2v) is 6.23. The van der Waals surface area contributed by atoms with Gasteiger partial charge >= 0.3 is 5.97 Å². The van der Waals surface area contributed by atoms with Gasteiger partial charge < -0.3 is 15.9 Å². The van der Waals surface area contributed by atoms with Gasteiger partial charge in [0, 0.05) is 0 Å². The molecule has 0 fully saturated rings. The molecule has 4 N–H and O–H groups in total. The third-order valence-corrected chi connectivity index (χ3v) is 4.71. The summed E-state index contributed by atoms with van der Waals surface area (Å²) in [6.45, 7) is 0.138. The van der Waals surface area contributed by atoms with Crippen molar-refractivity contribution in [2.75, 3.05) is 5.73 Å². The minimum absolute atomic E-state index is 0.138. The van der Waals surface area contributed by atoms with Crippen molar-refractivity contribution in [3.8, 4) is 5.75 Å². The molecule has 0 saturated carbocycles. The molecule has 0 radical (unpaired) electrons. The molecule has 0 bridgehead atoms. The number of carboxylic acid groups (broad SMARTS) is 1. The number of benzene rings is 1. The van der Waals surface area contributed by atoms with Crippen LogP contribution in [0.15, 0.2) is 34.4 Å². The summed E-state index contributed by atoms with van der Waals surface area (Å²) in [7, 11) is 0. The molecule has 8 heteroatoms. The molecule has 0 amide bonds. The molecule has 0 saturated heterocycles. The summed E-state index contributed by atoms with van der Waals surface area (Å²) in [5.74, 6) is -2.11. The smallest absolute Gasteiger partial charge is 0.341 e. The number of pyridine rings is 1. The van der Waals surface area contributed by atoms with E-state index in [1.54, 1.807) is 29.6 Å². The van der Waals surface area contributed by atoms with Crippen molar-refractivity contribution in [2.24, 2.45) is 0 Å². The Morgan fingerprint density at radius 1 is 1.35 bits per heavy atom. The number of aromatic carboxylic acids is 1. The average Bonchev–Trinajstić information content (AvgIpc) is 2.96. The van der Waals surface area contributed by atoms with Crippen LogP contribution >= 0.6 is 22.9 Å². The number of carbonyl (C=O) groups is 1. The van der Waals surface area contributed by atoms with Gasteiger partial charge in [-0.1, -0.05) is 17.7 Å². The molecule has 3 rings (SSSR count). The molecule has 2 aromatic heterocycles. The van der Waals surface area contributed by atoms with Crippen LogP contribution in [0, 0.1) is 0 Å². The van der Waals surface area contributed by atoms with E-state index in [9.17, 15) is 19.8 Å². The number of hydrogen-bond acceptors (Lipinski definition) is 5. The summed E-state index contributed by atoms with van der Waals surface area (Å²) in [5.41, 5.74) is 6.11. The number of rotatable bonds is 3. The van der Waals surface area contributed by atoms with E-state index in [0.717, 1.165) is 11.3 Å². The standard InChI is InChI=1S/C15H11ClN2O4S/c16-8-5-7(1-2-9(8)17)6-18-10-3-4-23-13(10)11(15(21)22)12(19)14(18)20/h1-5,19H,6,17H2,(H,21,22). The summed E-state index contributed by atoms with van der Waals surface area (Å²) in [4.78, 5) is 23.7. The molecule has 0 spiro atoms. The molecular formula is C15H11ClN2O4S. The summed E-state index contributed by atoms with van der Waals surface area (Å²) in [6, 6.07) is 6.61. The fourth-order valence-corrected chi connectivity index (χ4v) is 3.50. The van der Waals surface area contributed by atoms with Gasteiger partial charge in [0.05, 0.1) is 27.5 Å². The molecule has 23 heavy (non-hydrogen) atoms. The van der Waals surface area contributed by atoms with Gasteiger partial charge in [-0.05, 0) is 29.1 Å². The highest BCUT2D eigenvalue weighted by atomic mass is 35.5. The molecule has 2 heterocycles. The first-order chi connectivity index (χ1) is 10.9. The molecule has 0 aliphatic carbocycles. The van der Waals surface area contributed by atoms with E-state index in [-0.39, 0.29) is 12.1 Å². The van der Waals surface area contributed by atoms with Crippen LogP contribution in [0.5, 0.6) is 5.75 Å². The van der Waals surface area contributed by atoms with Crippen molar-refractivity contribution in [2.45, 2.75) is 6.54 Å². The Balaban J connectivity index is 2.22. The fourth-order valence-electron chi connectivity index (χ4n) is 2.36. The highest BCUT2D eigenvalue weighted by molar-refractivity contribution is 7.17. The topological polar surface area (TPSA) is 106 Å². The Morgan fingerprint density at radius 2 is 2.09 bits per heavy atom. The third-order valence-electron chi connectivity index (χ3n) is 3.47. The first kappa shape index (κ1) is 15.4. The van der Waals surface area contributed by atoms with Crippen LogP contribution in [0.1, 0.15) is 15.9 Å². The first-order valence-corrected chi connectivity index (χ1v) is 7.76. The second-order valence-electron chi connectivity index (χ2n) is 4.91. The number of nitrogens with zero attached hydrogens (tertiary/aromatic N) is 1. The number of aromatic hydroxyl groups is 1. The number of hydrogen-bond donors (Lipinski definition) is 3. The predicted octanol–water partition coefficient (Wildman–Crippen LogP) is 2.75. The number of halogens is 1. The van der Waals surface area contributed by atoms with E-state index in [2.05, 4.69) is 0 Å². The minimum atomic E-state index is -1.34. The highest BCUT2D eigenvalue weighted by Crippen LogP contribution is 2.29. The van der Waals surface area contributed by atoms with E-state index in [1.165, 1.54) is 4.57 Å². The lowest BCUT2D eigenvalue weighted by atomic mass is 10.1. The number of fused-ring (bicyclic) bond motifs is 1. The molecule has 3 aromatic rings. The van der Waals surface area contributed by atoms with E-state index < -0.39 is 17.3 Å². The summed E-state index contributed by atoms with van der Waals surface area (Å²) in [5, 5.41) is 21.2. The van der Waals surface area contributed by atoms with Crippen LogP contribution in [0.25, 0.3) is 10.2 Å². The van der Waals surface area contributed by atoms with Crippen LogP contribution < -0.4 is 11.3 Å². The number of aromatic nitrogens is 1. The maximum Gasteiger partial charge on any atom is 0.341 e. The van der Waals surface area contributed by atoms with E-state index in [0.29, 0.717) is 26.5 Å². The lowest BCUT2D eigenvalue weighted by molar-refractivity contribution is 0.0695. The molecule has 118 valence electrons. The molecule has 6 nitrogen and oxygen atoms in total. The van der Waals surface area contributed by atoms with Crippen molar-refractivity contribution >= 4 is 44.8 Å². The number of carboxylic acids is 1. The van der Waals surface area contributed by atoms with Crippen LogP contribution in [-0.4, -0.2) is 20.7 Å². The first-order valence-electron chi connectivity index (χ1n) is 6.50. The molecule has 0 aliphatic rings. The quantitative estimate of drug-likeness (QED) is 0.630. The molecule has 1 aromatic carbocycles. The largest absolute Gasteiger partial charge is 0.502 e. The zero-order valence-electron chi connectivity index (χ0n) is 11.6. The van der Waals surface area contributed by atoms with Gasteiger partial charge in [-0.3, -0.25) is 9.36 Å². The van der Waals surface area contributed by atoms with Crippen molar-refractivity contribution in [1.29, 1.82) is 0 Å². The van der Waals surface area contributed by atoms with Gasteiger partial charge in [0.25, 0.3) is 5.56 Å². The van der Waals surface area contributed by atoms with Crippen molar-refractivity contribution in [3.63, 3.8) is 0 Å². The van der Waals surface area contributed by atoms with Gasteiger partial charge in [-0.15, -0.1) is 11.3 Å². The van der Waals surface area contributed by atoms with Gasteiger partial charge in [0.2, 0.25) is 0 Å². The Kier molecular flexibility index (Phi) is 3.75. The maximum atomic E-state index is 12.4. The van der Waals surface area contributed by atoms with Crippen molar-refractivity contribution < 1.29 is 15.0 Å². The van der Waals surface area contributed by atoms with Crippen LogP contribution in [0.2, 0.25) is 5.02 Å². The Morgan fingerprint density at radius 3 is 2.74 bits per heavy atom. The predicted molar refractivity (Wildman–Crippen MR) is 89.7 cm³/mol. The molecule has 0 atom stereocenters. The highest BCUT2D eigenvalue weighted by Gasteiger charge is 2.22. The normalized spacial score (nSPS) is 11.0. The lowest BCUT2D eigenvalue weighted by Crippen LogP contribution is -2.22. The number of nitrogens with two attached hydrogens (primary N) is 1. The van der Waals surface area contributed by atoms with Gasteiger partial charge in [0.15, 0.2) is 5.75 Å². The van der Waals surface area contributed by atoms with Gasteiger partial charge in [-0.25, -0.2) is 4.79 Å². The van der Waals surface area contributed by atoms with Crippen LogP contribution in [0.3, 0.4) is 0 Å². The number of nitrogen functional groups attached to an aromatic ring is 1. The van der Waals surface area contributed by atoms with Crippen LogP contribution in [-0.2, 0) is 6.54 Å². The molecule has 0 aliphatic heterocycles. The minimum Gasteiger partial charge on any atom is -0.502 e. The number of anilines is 1. The number of thiophene rings is 1. The van der Waals surface area contributed by atoms with E-state index >= 15 is 0 Å². The fraction of sp³-hybridized carbons (Fsp3) is 0.0667. The summed E-state index contributed by atoms with van der Waals surface area (Å²) in [6.07, 6.45) is 0. The zero-order chi connectivity index (χ0) is 16.7. The van der Waals surface area contributed by atoms with Gasteiger partial charge in [0.1, 0.15) is 5.56 Å². The maximum absolute atomic E-state index is 12.4.